The lowest BCUT2D eigenvalue weighted by atomic mass is 9.99. The summed E-state index contributed by atoms with van der Waals surface area (Å²) >= 11 is 0. The Morgan fingerprint density at radius 2 is 1.38 bits per heavy atom. The second-order valence-electron chi connectivity index (χ2n) is 10.6. The molecule has 0 bridgehead atoms. The van der Waals surface area contributed by atoms with E-state index in [0.717, 1.165) is 16.7 Å². The molecule has 6 heteroatoms. The highest BCUT2D eigenvalue weighted by molar-refractivity contribution is 5.88. The molecule has 3 aromatic rings. The molecule has 2 amide bonds. The molecule has 39 heavy (non-hydrogen) atoms. The average molecular weight is 531 g/mol. The van der Waals surface area contributed by atoms with Crippen LogP contribution in [0.1, 0.15) is 57.7 Å². The highest BCUT2D eigenvalue weighted by atomic mass is 16.5. The predicted octanol–water partition coefficient (Wildman–Crippen LogP) is 5.97. The highest BCUT2D eigenvalue weighted by Crippen LogP contribution is 2.29. The van der Waals surface area contributed by atoms with E-state index in [2.05, 4.69) is 5.32 Å². The molecule has 0 saturated heterocycles. The SMILES string of the molecule is CCOc1ccc(CCC(=O)N(Cc2ccccc2)C(Cc2ccccc2)C(=O)NC(C)(C)C)cc1OCC. The van der Waals surface area contributed by atoms with Crippen molar-refractivity contribution in [2.75, 3.05) is 13.2 Å². The number of rotatable bonds is 13. The Morgan fingerprint density at radius 3 is 1.97 bits per heavy atom. The molecule has 3 aromatic carbocycles. The minimum absolute atomic E-state index is 0.0734. The maximum Gasteiger partial charge on any atom is 0.243 e. The van der Waals surface area contributed by atoms with Gasteiger partial charge in [-0.2, -0.15) is 0 Å². The number of benzene rings is 3. The summed E-state index contributed by atoms with van der Waals surface area (Å²) in [7, 11) is 0. The first-order valence-corrected chi connectivity index (χ1v) is 13.8. The summed E-state index contributed by atoms with van der Waals surface area (Å²) in [4.78, 5) is 29.3. The molecular weight excluding hydrogens is 488 g/mol. The first kappa shape index (κ1) is 29.8. The zero-order chi connectivity index (χ0) is 28.3. The number of hydrogen-bond donors (Lipinski definition) is 1. The topological polar surface area (TPSA) is 67.9 Å². The molecule has 0 radical (unpaired) electrons. The minimum atomic E-state index is -0.654. The van der Waals surface area contributed by atoms with Gasteiger partial charge in [-0.15, -0.1) is 0 Å². The van der Waals surface area contributed by atoms with Gasteiger partial charge >= 0.3 is 0 Å². The highest BCUT2D eigenvalue weighted by Gasteiger charge is 2.32. The Morgan fingerprint density at radius 1 is 0.795 bits per heavy atom. The van der Waals surface area contributed by atoms with Crippen LogP contribution in [0.5, 0.6) is 11.5 Å². The molecule has 0 aliphatic carbocycles. The van der Waals surface area contributed by atoms with Crippen molar-refractivity contribution < 1.29 is 19.1 Å². The first-order chi connectivity index (χ1) is 18.7. The van der Waals surface area contributed by atoms with E-state index >= 15 is 0 Å². The first-order valence-electron chi connectivity index (χ1n) is 13.8. The zero-order valence-electron chi connectivity index (χ0n) is 23.9. The molecule has 0 spiro atoms. The normalized spacial score (nSPS) is 11.9. The van der Waals surface area contributed by atoms with Gasteiger partial charge < -0.3 is 19.7 Å². The van der Waals surface area contributed by atoms with Crippen LogP contribution in [0, 0.1) is 0 Å². The van der Waals surface area contributed by atoms with Gasteiger partial charge in [0.05, 0.1) is 13.2 Å². The lowest BCUT2D eigenvalue weighted by Crippen LogP contribution is -2.54. The van der Waals surface area contributed by atoms with Crippen LogP contribution >= 0.6 is 0 Å². The zero-order valence-corrected chi connectivity index (χ0v) is 23.9. The van der Waals surface area contributed by atoms with E-state index in [0.29, 0.717) is 44.1 Å². The van der Waals surface area contributed by atoms with Crippen LogP contribution < -0.4 is 14.8 Å². The number of ether oxygens (including phenoxy) is 2. The lowest BCUT2D eigenvalue weighted by molar-refractivity contribution is -0.141. The number of nitrogens with one attached hydrogen (secondary N) is 1. The van der Waals surface area contributed by atoms with Gasteiger partial charge in [-0.25, -0.2) is 0 Å². The van der Waals surface area contributed by atoms with Crippen LogP contribution in [0.4, 0.5) is 0 Å². The van der Waals surface area contributed by atoms with Crippen LogP contribution in [0.15, 0.2) is 78.9 Å². The number of nitrogens with zero attached hydrogens (tertiary/aromatic N) is 1. The van der Waals surface area contributed by atoms with Crippen molar-refractivity contribution in [1.82, 2.24) is 10.2 Å². The van der Waals surface area contributed by atoms with Gasteiger partial charge in [-0.05, 0) is 69.9 Å². The van der Waals surface area contributed by atoms with Gasteiger partial charge in [0.25, 0.3) is 0 Å². The second kappa shape index (κ2) is 14.4. The van der Waals surface area contributed by atoms with Crippen molar-refractivity contribution in [1.29, 1.82) is 0 Å². The van der Waals surface area contributed by atoms with Gasteiger partial charge in [-0.3, -0.25) is 9.59 Å². The van der Waals surface area contributed by atoms with Crippen LogP contribution in [-0.2, 0) is 29.0 Å². The Hall–Kier alpha value is -3.80. The maximum absolute atomic E-state index is 13.9. The minimum Gasteiger partial charge on any atom is -0.490 e. The molecule has 0 aliphatic heterocycles. The van der Waals surface area contributed by atoms with E-state index in [1.165, 1.54) is 0 Å². The molecule has 1 N–H and O–H groups in total. The lowest BCUT2D eigenvalue weighted by Gasteiger charge is -2.34. The molecule has 0 heterocycles. The number of aryl methyl sites for hydroxylation is 1. The van der Waals surface area contributed by atoms with E-state index in [1.54, 1.807) is 4.90 Å². The molecule has 3 rings (SSSR count). The van der Waals surface area contributed by atoms with Gasteiger partial charge in [0.2, 0.25) is 11.8 Å². The average Bonchev–Trinajstić information content (AvgIpc) is 2.91. The van der Waals surface area contributed by atoms with Crippen LogP contribution in [0.2, 0.25) is 0 Å². The third-order valence-electron chi connectivity index (χ3n) is 6.20. The van der Waals surface area contributed by atoms with Crippen molar-refractivity contribution >= 4 is 11.8 Å². The van der Waals surface area contributed by atoms with Crippen LogP contribution in [0.3, 0.4) is 0 Å². The smallest absolute Gasteiger partial charge is 0.243 e. The molecule has 0 aliphatic rings. The van der Waals surface area contributed by atoms with E-state index in [9.17, 15) is 9.59 Å². The molecular formula is C33H42N2O4. The monoisotopic (exact) mass is 530 g/mol. The molecule has 0 saturated carbocycles. The fraction of sp³-hybridized carbons (Fsp3) is 0.394. The molecule has 0 aromatic heterocycles. The molecule has 1 unspecified atom stereocenters. The molecule has 0 fully saturated rings. The quantitative estimate of drug-likeness (QED) is 0.296. The molecule has 6 nitrogen and oxygen atoms in total. The van der Waals surface area contributed by atoms with E-state index < -0.39 is 11.6 Å². The summed E-state index contributed by atoms with van der Waals surface area (Å²) in [5.41, 5.74) is 2.54. The number of carbonyl (C=O) groups is 2. The van der Waals surface area contributed by atoms with E-state index in [-0.39, 0.29) is 18.2 Å². The van der Waals surface area contributed by atoms with Gasteiger partial charge in [-0.1, -0.05) is 66.7 Å². The van der Waals surface area contributed by atoms with Crippen molar-refractivity contribution in [3.8, 4) is 11.5 Å². The van der Waals surface area contributed by atoms with Crippen molar-refractivity contribution in [3.63, 3.8) is 0 Å². The number of hydrogen-bond acceptors (Lipinski definition) is 4. The number of carbonyl (C=O) groups excluding carboxylic acids is 2. The molecule has 208 valence electrons. The summed E-state index contributed by atoms with van der Waals surface area (Å²) < 4.78 is 11.5. The summed E-state index contributed by atoms with van der Waals surface area (Å²) in [6.07, 6.45) is 1.22. The summed E-state index contributed by atoms with van der Waals surface area (Å²) in [5.74, 6) is 1.14. The third kappa shape index (κ3) is 9.47. The fourth-order valence-electron chi connectivity index (χ4n) is 4.43. The Balaban J connectivity index is 1.89. The Bertz CT molecular complexity index is 1190. The standard InChI is InChI=1S/C33H42N2O4/c1-6-38-29-20-18-26(23-30(29)39-7-2)19-21-31(36)35(24-27-16-12-9-13-17-27)28(32(37)34-33(3,4)5)22-25-14-10-8-11-15-25/h8-18,20,23,28H,6-7,19,21-22,24H2,1-5H3,(H,34,37). The molecule has 1 atom stereocenters. The number of amides is 2. The van der Waals surface area contributed by atoms with Gasteiger partial charge in [0.1, 0.15) is 6.04 Å². The van der Waals surface area contributed by atoms with Crippen LogP contribution in [0.25, 0.3) is 0 Å². The Labute approximate surface area is 233 Å². The van der Waals surface area contributed by atoms with Crippen molar-refractivity contribution in [2.45, 2.75) is 72.0 Å². The van der Waals surface area contributed by atoms with Gasteiger partial charge in [0.15, 0.2) is 11.5 Å². The maximum atomic E-state index is 13.9. The van der Waals surface area contributed by atoms with E-state index in [1.807, 2.05) is 113 Å². The summed E-state index contributed by atoms with van der Waals surface area (Å²) in [5, 5.41) is 3.11. The largest absolute Gasteiger partial charge is 0.490 e. The fourth-order valence-corrected chi connectivity index (χ4v) is 4.43. The van der Waals surface area contributed by atoms with Crippen molar-refractivity contribution in [2.24, 2.45) is 0 Å². The van der Waals surface area contributed by atoms with Crippen LogP contribution in [-0.4, -0.2) is 41.5 Å². The van der Waals surface area contributed by atoms with E-state index in [4.69, 9.17) is 9.47 Å². The third-order valence-corrected chi connectivity index (χ3v) is 6.20. The Kier molecular flexibility index (Phi) is 11.0. The van der Waals surface area contributed by atoms with Gasteiger partial charge in [0, 0.05) is 24.9 Å². The summed E-state index contributed by atoms with van der Waals surface area (Å²) in [6, 6.07) is 24.8. The predicted molar refractivity (Wildman–Crippen MR) is 156 cm³/mol. The van der Waals surface area contributed by atoms with Crippen molar-refractivity contribution in [3.05, 3.63) is 95.6 Å². The second-order valence-corrected chi connectivity index (χ2v) is 10.6. The summed E-state index contributed by atoms with van der Waals surface area (Å²) in [6.45, 7) is 11.2.